The van der Waals surface area contributed by atoms with Crippen LogP contribution in [0.3, 0.4) is 0 Å². The maximum atomic E-state index is 11.6. The lowest BCUT2D eigenvalue weighted by molar-refractivity contribution is -0.120. The number of carbonyl (C=O) groups is 1. The van der Waals surface area contributed by atoms with Gasteiger partial charge in [0.1, 0.15) is 10.3 Å². The van der Waals surface area contributed by atoms with Gasteiger partial charge in [-0.05, 0) is 17.4 Å². The molecule has 1 nitrogen and oxygen atoms in total. The molecular weight excluding hydrogens is 219 g/mol. The summed E-state index contributed by atoms with van der Waals surface area (Å²) in [7, 11) is 0. The van der Waals surface area contributed by atoms with Crippen molar-refractivity contribution in [3.05, 3.63) is 23.2 Å². The van der Waals surface area contributed by atoms with Crippen LogP contribution in [0.15, 0.2) is 23.2 Å². The number of hydrogen-bond acceptors (Lipinski definition) is 1. The second-order valence-electron chi connectivity index (χ2n) is 4.24. The van der Waals surface area contributed by atoms with E-state index in [-0.39, 0.29) is 27.5 Å². The monoisotopic (exact) mass is 232 g/mol. The molecule has 0 N–H and O–H groups in total. The number of ketones is 1. The summed E-state index contributed by atoms with van der Waals surface area (Å²) in [6.45, 7) is 7.66. The van der Waals surface area contributed by atoms with E-state index in [0.29, 0.717) is 6.42 Å². The van der Waals surface area contributed by atoms with Crippen LogP contribution in [-0.2, 0) is 4.79 Å². The van der Waals surface area contributed by atoms with Crippen molar-refractivity contribution < 1.29 is 4.79 Å². The van der Waals surface area contributed by atoms with Gasteiger partial charge in [-0.3, -0.25) is 4.79 Å². The molecule has 0 aromatic heterocycles. The fourth-order valence-corrected chi connectivity index (χ4v) is 2.28. The summed E-state index contributed by atoms with van der Waals surface area (Å²) in [6.07, 6.45) is 3.83. The van der Waals surface area contributed by atoms with Gasteiger partial charge in [-0.25, -0.2) is 0 Å². The van der Waals surface area contributed by atoms with Crippen molar-refractivity contribution in [2.45, 2.75) is 20.3 Å². The molecule has 14 heavy (non-hydrogen) atoms. The number of hydrogen-bond donors (Lipinski definition) is 0. The highest BCUT2D eigenvalue weighted by atomic mass is 35.5. The molecule has 0 aliphatic heterocycles. The molecule has 1 rings (SSSR count). The minimum Gasteiger partial charge on any atom is -0.299 e. The third kappa shape index (κ3) is 2.21. The molecule has 1 aliphatic carbocycles. The third-order valence-electron chi connectivity index (χ3n) is 2.91. The summed E-state index contributed by atoms with van der Waals surface area (Å²) in [6, 6.07) is 0. The van der Waals surface area contributed by atoms with E-state index in [2.05, 4.69) is 20.4 Å². The molecule has 0 saturated heterocycles. The number of halogens is 2. The number of Topliss-reactive ketones (excluding diaryl/α,β-unsaturated/α-hetero) is 1. The van der Waals surface area contributed by atoms with Crippen LogP contribution < -0.4 is 0 Å². The fraction of sp³-hybridized carbons (Fsp3) is 0.545. The highest BCUT2D eigenvalue weighted by molar-refractivity contribution is 6.55. The first-order valence-corrected chi connectivity index (χ1v) is 5.33. The van der Waals surface area contributed by atoms with Gasteiger partial charge in [-0.1, -0.05) is 43.1 Å². The van der Waals surface area contributed by atoms with E-state index >= 15 is 0 Å². The van der Waals surface area contributed by atoms with Crippen LogP contribution in [0.5, 0.6) is 0 Å². The molecule has 1 aliphatic rings. The van der Waals surface area contributed by atoms with Crippen LogP contribution in [0.25, 0.3) is 0 Å². The zero-order chi connectivity index (χ0) is 10.9. The van der Waals surface area contributed by atoms with Gasteiger partial charge >= 0.3 is 0 Å². The van der Waals surface area contributed by atoms with Crippen LogP contribution >= 0.6 is 23.2 Å². The maximum absolute atomic E-state index is 11.6. The molecule has 0 aromatic carbocycles. The van der Waals surface area contributed by atoms with Crippen molar-refractivity contribution >= 4 is 29.0 Å². The summed E-state index contributed by atoms with van der Waals surface area (Å²) in [5.74, 6) is 0.453. The lowest BCUT2D eigenvalue weighted by Gasteiger charge is -1.98. The van der Waals surface area contributed by atoms with Crippen LogP contribution in [0.1, 0.15) is 20.3 Å². The van der Waals surface area contributed by atoms with Gasteiger partial charge in [0.05, 0.1) is 0 Å². The number of carbonyl (C=O) groups excluding carboxylic acids is 1. The SMILES string of the molecule is C=CCC(=O)[C@@H]1[C@@H](C=C(Cl)Cl)C1(C)C. The summed E-state index contributed by atoms with van der Waals surface area (Å²) in [5, 5.41) is 0. The molecule has 0 heterocycles. The Balaban J connectivity index is 2.70. The Morgan fingerprint density at radius 1 is 1.50 bits per heavy atom. The van der Waals surface area contributed by atoms with Gasteiger partial charge in [-0.2, -0.15) is 0 Å². The molecule has 2 atom stereocenters. The van der Waals surface area contributed by atoms with Crippen molar-refractivity contribution in [2.24, 2.45) is 17.3 Å². The molecule has 0 spiro atoms. The molecule has 1 saturated carbocycles. The van der Waals surface area contributed by atoms with Gasteiger partial charge in [0, 0.05) is 12.3 Å². The van der Waals surface area contributed by atoms with E-state index in [9.17, 15) is 4.79 Å². The van der Waals surface area contributed by atoms with E-state index < -0.39 is 0 Å². The van der Waals surface area contributed by atoms with Crippen molar-refractivity contribution in [1.29, 1.82) is 0 Å². The smallest absolute Gasteiger partial charge is 0.140 e. The van der Waals surface area contributed by atoms with E-state index in [0.717, 1.165) is 0 Å². The molecular formula is C11H14Cl2O. The standard InChI is InChI=1S/C11H14Cl2O/c1-4-5-8(14)10-7(6-9(12)13)11(10,2)3/h4,6-7,10H,1,5H2,2-3H3/t7-,10+/m1/s1. The molecule has 0 aromatic rings. The average Bonchev–Trinajstić information content (AvgIpc) is 2.52. The summed E-state index contributed by atoms with van der Waals surface area (Å²) < 4.78 is 0.247. The molecule has 1 fully saturated rings. The second-order valence-corrected chi connectivity index (χ2v) is 5.25. The van der Waals surface area contributed by atoms with Gasteiger partial charge in [0.25, 0.3) is 0 Å². The first-order chi connectivity index (χ1) is 6.41. The highest BCUT2D eigenvalue weighted by Crippen LogP contribution is 2.60. The number of rotatable bonds is 4. The van der Waals surface area contributed by atoms with E-state index in [4.69, 9.17) is 23.2 Å². The van der Waals surface area contributed by atoms with Crippen molar-refractivity contribution in [3.63, 3.8) is 0 Å². The normalized spacial score (nSPS) is 28.0. The molecule has 3 heteroatoms. The van der Waals surface area contributed by atoms with Gasteiger partial charge in [0.15, 0.2) is 0 Å². The Bertz CT molecular complexity index is 288. The third-order valence-corrected chi connectivity index (χ3v) is 3.16. The molecule has 78 valence electrons. The quantitative estimate of drug-likeness (QED) is 0.676. The van der Waals surface area contributed by atoms with Crippen LogP contribution in [0.4, 0.5) is 0 Å². The van der Waals surface area contributed by atoms with Crippen molar-refractivity contribution in [2.75, 3.05) is 0 Å². The van der Waals surface area contributed by atoms with Crippen molar-refractivity contribution in [1.82, 2.24) is 0 Å². The topological polar surface area (TPSA) is 17.1 Å². The molecule has 0 amide bonds. The Morgan fingerprint density at radius 2 is 2.07 bits per heavy atom. The Labute approximate surface area is 94.8 Å². The van der Waals surface area contributed by atoms with Gasteiger partial charge < -0.3 is 0 Å². The van der Waals surface area contributed by atoms with Crippen LogP contribution in [0.2, 0.25) is 0 Å². The maximum Gasteiger partial charge on any atom is 0.140 e. The van der Waals surface area contributed by atoms with Crippen LogP contribution in [0, 0.1) is 17.3 Å². The predicted molar refractivity (Wildman–Crippen MR) is 60.4 cm³/mol. The first-order valence-electron chi connectivity index (χ1n) is 4.57. The van der Waals surface area contributed by atoms with E-state index in [1.54, 1.807) is 12.2 Å². The highest BCUT2D eigenvalue weighted by Gasteiger charge is 2.59. The minimum atomic E-state index is -0.00484. The first kappa shape index (κ1) is 11.8. The zero-order valence-corrected chi connectivity index (χ0v) is 9.90. The van der Waals surface area contributed by atoms with E-state index in [1.807, 2.05) is 0 Å². The Kier molecular flexibility index (Phi) is 3.44. The lowest BCUT2D eigenvalue weighted by Crippen LogP contribution is -2.03. The Morgan fingerprint density at radius 3 is 2.50 bits per heavy atom. The number of allylic oxidation sites excluding steroid dienone is 2. The summed E-state index contributed by atoms with van der Waals surface area (Å²) in [5.41, 5.74) is -0.00484. The minimum absolute atomic E-state index is 0.00484. The lowest BCUT2D eigenvalue weighted by atomic mass is 10.1. The fourth-order valence-electron chi connectivity index (χ4n) is 2.01. The Hall–Kier alpha value is -0.270. The second kappa shape index (κ2) is 4.08. The molecule has 0 radical (unpaired) electrons. The summed E-state index contributed by atoms with van der Waals surface area (Å²) in [4.78, 5) is 11.6. The predicted octanol–water partition coefficient (Wildman–Crippen LogP) is 3.72. The van der Waals surface area contributed by atoms with Crippen molar-refractivity contribution in [3.8, 4) is 0 Å². The summed E-state index contributed by atoms with van der Waals surface area (Å²) >= 11 is 11.2. The van der Waals surface area contributed by atoms with Gasteiger partial charge in [-0.15, -0.1) is 6.58 Å². The largest absolute Gasteiger partial charge is 0.299 e. The average molecular weight is 233 g/mol. The van der Waals surface area contributed by atoms with E-state index in [1.165, 1.54) is 0 Å². The van der Waals surface area contributed by atoms with Crippen LogP contribution in [-0.4, -0.2) is 5.78 Å². The molecule has 0 unspecified atom stereocenters. The molecule has 0 bridgehead atoms. The zero-order valence-electron chi connectivity index (χ0n) is 8.39. The van der Waals surface area contributed by atoms with Gasteiger partial charge in [0.2, 0.25) is 0 Å².